The highest BCUT2D eigenvalue weighted by Crippen LogP contribution is 2.31. The number of anilines is 1. The van der Waals surface area contributed by atoms with Crippen molar-refractivity contribution in [1.29, 1.82) is 0 Å². The molecule has 0 radical (unpaired) electrons. The van der Waals surface area contributed by atoms with Crippen LogP contribution >= 0.6 is 0 Å². The third kappa shape index (κ3) is 5.47. The van der Waals surface area contributed by atoms with E-state index in [9.17, 15) is 31.2 Å². The molecule has 2 aromatic carbocycles. The minimum absolute atomic E-state index is 0.0946. The first-order chi connectivity index (χ1) is 15.5. The van der Waals surface area contributed by atoms with Crippen molar-refractivity contribution in [3.05, 3.63) is 78.1 Å². The predicted octanol–water partition coefficient (Wildman–Crippen LogP) is 3.78. The molecular weight excluding hydrogens is 463 g/mol. The highest BCUT2D eigenvalue weighted by Gasteiger charge is 2.46. The van der Waals surface area contributed by atoms with Crippen molar-refractivity contribution in [2.75, 3.05) is 12.4 Å². The molecule has 1 aromatic heterocycles. The Morgan fingerprint density at radius 1 is 0.939 bits per heavy atom. The Bertz CT molecular complexity index is 1310. The van der Waals surface area contributed by atoms with E-state index in [-0.39, 0.29) is 28.4 Å². The van der Waals surface area contributed by atoms with E-state index < -0.39 is 32.1 Å². The van der Waals surface area contributed by atoms with Crippen molar-refractivity contribution in [2.24, 2.45) is 0 Å². The van der Waals surface area contributed by atoms with Crippen LogP contribution in [-0.4, -0.2) is 37.8 Å². The van der Waals surface area contributed by atoms with Gasteiger partial charge >= 0.3 is 5.51 Å². The van der Waals surface area contributed by atoms with Crippen LogP contribution in [0, 0.1) is 0 Å². The number of rotatable bonds is 6. The van der Waals surface area contributed by atoms with E-state index in [0.717, 1.165) is 18.2 Å². The average molecular weight is 479 g/mol. The van der Waals surface area contributed by atoms with Gasteiger partial charge in [-0.15, -0.1) is 0 Å². The molecule has 0 aliphatic rings. The normalized spacial score (nSPS) is 11.5. The number of hydrogen-bond acceptors (Lipinski definition) is 6. The molecule has 33 heavy (non-hydrogen) atoms. The van der Waals surface area contributed by atoms with Gasteiger partial charge in [-0.3, -0.25) is 14.6 Å². The van der Waals surface area contributed by atoms with Crippen LogP contribution in [0.5, 0.6) is 11.5 Å². The van der Waals surface area contributed by atoms with E-state index in [4.69, 9.17) is 4.74 Å². The van der Waals surface area contributed by atoms with Gasteiger partial charge in [-0.05, 0) is 42.5 Å². The third-order valence-corrected chi connectivity index (χ3v) is 5.71. The van der Waals surface area contributed by atoms with Gasteiger partial charge in [0.1, 0.15) is 17.2 Å². The molecule has 0 fully saturated rings. The van der Waals surface area contributed by atoms with Gasteiger partial charge in [0.2, 0.25) is 0 Å². The lowest BCUT2D eigenvalue weighted by molar-refractivity contribution is -0.0436. The molecule has 3 rings (SSSR count). The number of ether oxygens (including phenoxy) is 1. The third-order valence-electron chi connectivity index (χ3n) is 4.23. The topological polar surface area (TPSA) is 114 Å². The van der Waals surface area contributed by atoms with Crippen molar-refractivity contribution in [3.8, 4) is 11.5 Å². The SMILES string of the molecule is CNC(=O)c1cc(Oc2cccc(C(=O)Nc3cccc(S(=O)(=O)C(F)(F)F)c3)c2)ccn1. The number of benzene rings is 2. The molecule has 0 unspecified atom stereocenters. The lowest BCUT2D eigenvalue weighted by Gasteiger charge is -2.11. The minimum atomic E-state index is -5.56. The van der Waals surface area contributed by atoms with Crippen molar-refractivity contribution >= 4 is 27.3 Å². The molecule has 2 amide bonds. The molecule has 172 valence electrons. The van der Waals surface area contributed by atoms with Crippen molar-refractivity contribution in [1.82, 2.24) is 10.3 Å². The molecule has 0 aliphatic carbocycles. The molecule has 8 nitrogen and oxygen atoms in total. The number of amides is 2. The lowest BCUT2D eigenvalue weighted by Crippen LogP contribution is -2.23. The predicted molar refractivity (Wildman–Crippen MR) is 112 cm³/mol. The summed E-state index contributed by atoms with van der Waals surface area (Å²) in [5.74, 6) is -0.595. The molecule has 0 saturated carbocycles. The monoisotopic (exact) mass is 479 g/mol. The number of pyridine rings is 1. The summed E-state index contributed by atoms with van der Waals surface area (Å²) in [6.45, 7) is 0. The molecule has 12 heteroatoms. The summed E-state index contributed by atoms with van der Waals surface area (Å²) in [6, 6.07) is 12.6. The van der Waals surface area contributed by atoms with Gasteiger partial charge in [-0.1, -0.05) is 12.1 Å². The van der Waals surface area contributed by atoms with Crippen molar-refractivity contribution < 1.29 is 35.9 Å². The summed E-state index contributed by atoms with van der Waals surface area (Å²) in [4.78, 5) is 27.2. The number of alkyl halides is 3. The van der Waals surface area contributed by atoms with Gasteiger partial charge in [0.15, 0.2) is 0 Å². The summed E-state index contributed by atoms with van der Waals surface area (Å²) in [5, 5.41) is 4.79. The van der Waals surface area contributed by atoms with Crippen LogP contribution in [0.15, 0.2) is 71.8 Å². The van der Waals surface area contributed by atoms with Crippen LogP contribution < -0.4 is 15.4 Å². The number of carbonyl (C=O) groups is 2. The van der Waals surface area contributed by atoms with Crippen LogP contribution in [0.1, 0.15) is 20.8 Å². The zero-order valence-electron chi connectivity index (χ0n) is 16.9. The van der Waals surface area contributed by atoms with Gasteiger partial charge in [0.05, 0.1) is 4.90 Å². The largest absolute Gasteiger partial charge is 0.501 e. The van der Waals surface area contributed by atoms with E-state index in [1.807, 2.05) is 0 Å². The molecule has 3 aromatic rings. The fraction of sp³-hybridized carbons (Fsp3) is 0.0952. The Labute approximate surface area is 186 Å². The van der Waals surface area contributed by atoms with Crippen LogP contribution in [0.4, 0.5) is 18.9 Å². The Kier molecular flexibility index (Phi) is 6.68. The summed E-state index contributed by atoms with van der Waals surface area (Å²) in [6.07, 6.45) is 1.37. The fourth-order valence-corrected chi connectivity index (χ4v) is 3.45. The smallest absolute Gasteiger partial charge is 0.457 e. The molecule has 2 N–H and O–H groups in total. The fourth-order valence-electron chi connectivity index (χ4n) is 2.64. The molecule has 0 aliphatic heterocycles. The van der Waals surface area contributed by atoms with Gasteiger partial charge in [0.25, 0.3) is 21.7 Å². The molecule has 0 saturated heterocycles. The van der Waals surface area contributed by atoms with Crippen LogP contribution in [0.2, 0.25) is 0 Å². The van der Waals surface area contributed by atoms with E-state index >= 15 is 0 Å². The van der Waals surface area contributed by atoms with E-state index in [2.05, 4.69) is 15.6 Å². The van der Waals surface area contributed by atoms with Crippen molar-refractivity contribution in [3.63, 3.8) is 0 Å². The van der Waals surface area contributed by atoms with Crippen LogP contribution in [0.3, 0.4) is 0 Å². The van der Waals surface area contributed by atoms with Gasteiger partial charge in [-0.25, -0.2) is 8.42 Å². The van der Waals surface area contributed by atoms with Crippen LogP contribution in [-0.2, 0) is 9.84 Å². The zero-order valence-corrected chi connectivity index (χ0v) is 17.7. The van der Waals surface area contributed by atoms with E-state index in [0.29, 0.717) is 0 Å². The van der Waals surface area contributed by atoms with Gasteiger partial charge < -0.3 is 15.4 Å². The highest BCUT2D eigenvalue weighted by atomic mass is 32.2. The molecule has 0 bridgehead atoms. The number of sulfone groups is 1. The highest BCUT2D eigenvalue weighted by molar-refractivity contribution is 7.92. The maximum atomic E-state index is 12.8. The number of aromatic nitrogens is 1. The summed E-state index contributed by atoms with van der Waals surface area (Å²) < 4.78 is 67.1. The van der Waals surface area contributed by atoms with Crippen LogP contribution in [0.25, 0.3) is 0 Å². The Balaban J connectivity index is 1.78. The average Bonchev–Trinajstić information content (AvgIpc) is 2.78. The Hall–Kier alpha value is -3.93. The molecule has 0 spiro atoms. The summed E-state index contributed by atoms with van der Waals surface area (Å²) in [5.41, 5.74) is -5.39. The number of nitrogens with zero attached hydrogens (tertiary/aromatic N) is 1. The Morgan fingerprint density at radius 2 is 1.64 bits per heavy atom. The first kappa shape index (κ1) is 23.7. The quantitative estimate of drug-likeness (QED) is 0.556. The second-order valence-corrected chi connectivity index (χ2v) is 8.46. The second-order valence-electron chi connectivity index (χ2n) is 6.52. The molecular formula is C21H16F3N3O5S. The first-order valence-electron chi connectivity index (χ1n) is 9.20. The number of halogens is 3. The molecule has 0 atom stereocenters. The summed E-state index contributed by atoms with van der Waals surface area (Å²) in [7, 11) is -4.10. The lowest BCUT2D eigenvalue weighted by atomic mass is 10.2. The number of hydrogen-bond donors (Lipinski definition) is 2. The number of nitrogens with one attached hydrogen (secondary N) is 2. The van der Waals surface area contributed by atoms with E-state index in [1.165, 1.54) is 49.6 Å². The summed E-state index contributed by atoms with van der Waals surface area (Å²) >= 11 is 0. The maximum absolute atomic E-state index is 12.8. The first-order valence-corrected chi connectivity index (χ1v) is 10.7. The zero-order chi connectivity index (χ0) is 24.2. The maximum Gasteiger partial charge on any atom is 0.501 e. The Morgan fingerprint density at radius 3 is 2.33 bits per heavy atom. The molecule has 1 heterocycles. The van der Waals surface area contributed by atoms with Gasteiger partial charge in [0, 0.05) is 30.6 Å². The van der Waals surface area contributed by atoms with Gasteiger partial charge in [-0.2, -0.15) is 13.2 Å². The number of carbonyl (C=O) groups excluding carboxylic acids is 2. The minimum Gasteiger partial charge on any atom is -0.457 e. The standard InChI is InChI=1S/C21H16F3N3O5S/c1-25-20(29)18-12-16(8-9-26-18)32-15-6-2-4-13(10-15)19(28)27-14-5-3-7-17(11-14)33(30,31)21(22,23)24/h2-12H,1H3,(H,25,29)(H,27,28). The second kappa shape index (κ2) is 9.28. The van der Waals surface area contributed by atoms with Crippen molar-refractivity contribution in [2.45, 2.75) is 10.4 Å². The van der Waals surface area contributed by atoms with E-state index in [1.54, 1.807) is 6.07 Å².